The fourth-order valence-corrected chi connectivity index (χ4v) is 0.180. The van der Waals surface area contributed by atoms with Crippen molar-refractivity contribution in [3.63, 3.8) is 0 Å². The maximum Gasteiger partial charge on any atom is 0.476 e. The van der Waals surface area contributed by atoms with Crippen molar-refractivity contribution in [2.24, 2.45) is 0 Å². The molecule has 1 unspecified atom stereocenters. The molecule has 0 bridgehead atoms. The first-order valence-electron chi connectivity index (χ1n) is 2.09. The fourth-order valence-electron chi connectivity index (χ4n) is 0.180. The van der Waals surface area contributed by atoms with Crippen LogP contribution in [0.3, 0.4) is 0 Å². The highest BCUT2D eigenvalue weighted by Crippen LogP contribution is 1.87. The molecule has 0 spiro atoms. The second-order valence-electron chi connectivity index (χ2n) is 1.32. The van der Waals surface area contributed by atoms with Gasteiger partial charge >= 0.3 is 11.1 Å². The van der Waals surface area contributed by atoms with Crippen LogP contribution >= 0.6 is 0 Å². The first-order valence-corrected chi connectivity index (χ1v) is 2.09. The molecule has 0 amide bonds. The van der Waals surface area contributed by atoms with E-state index < -0.39 is 17.2 Å². The summed E-state index contributed by atoms with van der Waals surface area (Å²) in [5.74, 6) is -1.31. The minimum Gasteiger partial charge on any atom is -0.478 e. The van der Waals surface area contributed by atoms with Crippen molar-refractivity contribution in [1.82, 2.24) is 0 Å². The first-order chi connectivity index (χ1) is 4.04. The monoisotopic (exact) mass is 136 g/mol. The van der Waals surface area contributed by atoms with Gasteiger partial charge in [-0.25, -0.2) is 10.0 Å². The Kier molecular flexibility index (Phi) is 2.43. The van der Waals surface area contributed by atoms with E-state index in [9.17, 15) is 9.70 Å². The lowest BCUT2D eigenvalue weighted by molar-refractivity contribution is -0.979. The van der Waals surface area contributed by atoms with Crippen LogP contribution < -0.4 is 0 Å². The van der Waals surface area contributed by atoms with Gasteiger partial charge in [0.15, 0.2) is 0 Å². The molecule has 0 aliphatic heterocycles. The Morgan fingerprint density at radius 1 is 1.78 bits per heavy atom. The minimum absolute atomic E-state index is 0.890. The molecule has 6 heteroatoms. The van der Waals surface area contributed by atoms with Crippen LogP contribution in [-0.4, -0.2) is 27.5 Å². The van der Waals surface area contributed by atoms with Gasteiger partial charge in [-0.1, -0.05) is 0 Å². The Hall–Kier alpha value is -1.33. The molecule has 6 nitrogen and oxygen atoms in total. The summed E-state index contributed by atoms with van der Waals surface area (Å²) >= 11 is 0. The predicted octanol–water partition coefficient (Wildman–Crippen LogP) is -0.441. The summed E-state index contributed by atoms with van der Waals surface area (Å²) in [4.78, 5) is 23.1. The van der Waals surface area contributed by atoms with Crippen LogP contribution in [0.15, 0.2) is 0 Å². The molecule has 9 heavy (non-hydrogen) atoms. The lowest BCUT2D eigenvalue weighted by Gasteiger charge is -1.92. The zero-order valence-corrected chi connectivity index (χ0v) is 4.64. The summed E-state index contributed by atoms with van der Waals surface area (Å²) < 4.78 is 0. The summed E-state index contributed by atoms with van der Waals surface area (Å²) in [6.45, 7) is 1.11. The average Bonchev–Trinajstić information content (AvgIpc) is 1.63. The van der Waals surface area contributed by atoms with Crippen LogP contribution in [0.1, 0.15) is 6.92 Å². The van der Waals surface area contributed by atoms with Gasteiger partial charge in [-0.15, -0.1) is 0 Å². The third-order valence-electron chi connectivity index (χ3n) is 0.596. The van der Waals surface area contributed by atoms with Crippen LogP contribution in [0.2, 0.25) is 0 Å². The third-order valence-corrected chi connectivity index (χ3v) is 0.596. The molecule has 0 aromatic carbocycles. The number of rotatable bonds is 3. The molecule has 1 atom stereocenters. The molecule has 0 saturated heterocycles. The van der Waals surface area contributed by atoms with E-state index in [-0.39, 0.29) is 0 Å². The van der Waals surface area contributed by atoms with Crippen molar-refractivity contribution < 1.29 is 25.0 Å². The molecule has 0 saturated carbocycles. The molecular formula is C3H6NO5+. The highest BCUT2D eigenvalue weighted by molar-refractivity contribution is 5.71. The fraction of sp³-hybridized carbons (Fsp3) is 0.667. The van der Waals surface area contributed by atoms with Crippen LogP contribution in [0, 0.1) is 4.91 Å². The Morgan fingerprint density at radius 3 is 2.33 bits per heavy atom. The van der Waals surface area contributed by atoms with E-state index in [4.69, 9.17) is 10.3 Å². The van der Waals surface area contributed by atoms with Gasteiger partial charge in [0.25, 0.3) is 6.10 Å². The van der Waals surface area contributed by atoms with Gasteiger partial charge in [0.2, 0.25) is 0 Å². The lowest BCUT2D eigenvalue weighted by atomic mass is 10.4. The van der Waals surface area contributed by atoms with Crippen molar-refractivity contribution in [2.45, 2.75) is 13.0 Å². The van der Waals surface area contributed by atoms with Crippen LogP contribution in [0.4, 0.5) is 0 Å². The van der Waals surface area contributed by atoms with Gasteiger partial charge in [0.1, 0.15) is 4.91 Å². The number of nitrogens with zero attached hydrogens (tertiary/aromatic N) is 1. The number of hydrogen-bond donors (Lipinski definition) is 2. The average molecular weight is 136 g/mol. The Morgan fingerprint density at radius 2 is 2.22 bits per heavy atom. The van der Waals surface area contributed by atoms with Gasteiger partial charge in [0, 0.05) is 0 Å². The van der Waals surface area contributed by atoms with Crippen molar-refractivity contribution in [1.29, 1.82) is 0 Å². The summed E-state index contributed by atoms with van der Waals surface area (Å²) in [6, 6.07) is 0. The third kappa shape index (κ3) is 3.27. The first kappa shape index (κ1) is 7.67. The Bertz CT molecular complexity index is 132. The number of aliphatic carboxylic acids is 1. The standard InChI is InChI=1S/C3H5NO5/c1-2(3(5)6)9-4(7)8/h2H,1H3,(H-,5,6,7,8)/p+1. The normalized spacial score (nSPS) is 12.1. The minimum atomic E-state index is -1.33. The second kappa shape index (κ2) is 2.85. The lowest BCUT2D eigenvalue weighted by Crippen LogP contribution is -2.23. The Labute approximate surface area is 50.1 Å². The van der Waals surface area contributed by atoms with Gasteiger partial charge in [-0.2, -0.15) is 4.84 Å². The highest BCUT2D eigenvalue weighted by atomic mass is 17.0. The molecule has 0 aromatic heterocycles. The molecule has 2 N–H and O–H groups in total. The predicted molar refractivity (Wildman–Crippen MR) is 23.6 cm³/mol. The molecule has 0 aliphatic rings. The van der Waals surface area contributed by atoms with Gasteiger partial charge in [-0.3, -0.25) is 0 Å². The summed E-state index contributed by atoms with van der Waals surface area (Å²) in [5, 5.41) is 14.9. The van der Waals surface area contributed by atoms with E-state index in [0.29, 0.717) is 0 Å². The molecule has 0 aliphatic carbocycles. The molecule has 0 heterocycles. The number of carboxylic acids is 1. The van der Waals surface area contributed by atoms with Crippen molar-refractivity contribution in [3.05, 3.63) is 4.91 Å². The highest BCUT2D eigenvalue weighted by Gasteiger charge is 2.21. The zero-order valence-electron chi connectivity index (χ0n) is 4.64. The largest absolute Gasteiger partial charge is 0.478 e. The van der Waals surface area contributed by atoms with E-state index in [1.807, 2.05) is 0 Å². The van der Waals surface area contributed by atoms with E-state index in [1.165, 1.54) is 0 Å². The van der Waals surface area contributed by atoms with Gasteiger partial charge in [-0.05, 0) is 6.92 Å². The van der Waals surface area contributed by atoms with Crippen molar-refractivity contribution >= 4 is 5.97 Å². The van der Waals surface area contributed by atoms with E-state index >= 15 is 0 Å². The van der Waals surface area contributed by atoms with Crippen LogP contribution in [0.5, 0.6) is 0 Å². The molecule has 52 valence electrons. The van der Waals surface area contributed by atoms with Crippen molar-refractivity contribution in [2.75, 3.05) is 0 Å². The summed E-state index contributed by atoms with van der Waals surface area (Å²) in [6.07, 6.45) is -1.33. The molecule has 0 rings (SSSR count). The molecule has 0 radical (unpaired) electrons. The Balaban J connectivity index is 3.63. The van der Waals surface area contributed by atoms with Crippen LogP contribution in [0.25, 0.3) is 0 Å². The number of hydrogen-bond acceptors (Lipinski definition) is 3. The molecule has 0 fully saturated rings. The topological polar surface area (TPSA) is 86.8 Å². The quantitative estimate of drug-likeness (QED) is 0.513. The zero-order chi connectivity index (χ0) is 7.44. The number of carboxylic acid groups (broad SMARTS) is 1. The maximum absolute atomic E-state index is 9.83. The SMILES string of the molecule is CC(O[N+](=O)O)C(=O)O. The molecular weight excluding hydrogens is 130 g/mol. The maximum atomic E-state index is 9.83. The summed E-state index contributed by atoms with van der Waals surface area (Å²) in [7, 11) is 0. The van der Waals surface area contributed by atoms with Crippen LogP contribution in [-0.2, 0) is 9.63 Å². The van der Waals surface area contributed by atoms with E-state index in [0.717, 1.165) is 6.92 Å². The molecule has 0 aromatic rings. The van der Waals surface area contributed by atoms with E-state index in [2.05, 4.69) is 4.84 Å². The second-order valence-corrected chi connectivity index (χ2v) is 1.32. The van der Waals surface area contributed by atoms with Crippen molar-refractivity contribution in [3.8, 4) is 0 Å². The smallest absolute Gasteiger partial charge is 0.476 e. The van der Waals surface area contributed by atoms with E-state index in [1.54, 1.807) is 0 Å². The van der Waals surface area contributed by atoms with Gasteiger partial charge < -0.3 is 5.11 Å². The number of carbonyl (C=O) groups is 1. The summed E-state index contributed by atoms with van der Waals surface area (Å²) in [5.41, 5.74) is 0. The van der Waals surface area contributed by atoms with Gasteiger partial charge in [0.05, 0.1) is 0 Å².